The van der Waals surface area contributed by atoms with Gasteiger partial charge < -0.3 is 15.3 Å². The molecule has 1 aromatic carbocycles. The van der Waals surface area contributed by atoms with E-state index in [1.807, 2.05) is 12.1 Å². The van der Waals surface area contributed by atoms with Crippen molar-refractivity contribution in [3.05, 3.63) is 34.9 Å². The van der Waals surface area contributed by atoms with Gasteiger partial charge in [-0.2, -0.15) is 0 Å². The zero-order valence-corrected chi connectivity index (χ0v) is 34.0. The van der Waals surface area contributed by atoms with E-state index in [-0.39, 0.29) is 39.4 Å². The Morgan fingerprint density at radius 1 is 0.694 bits per heavy atom. The Kier molecular flexibility index (Phi) is 11.5. The predicted octanol–water partition coefficient (Wildman–Crippen LogP) is 9.06. The molecule has 0 aliphatic carbocycles. The lowest BCUT2D eigenvalue weighted by Crippen LogP contribution is -2.62. The van der Waals surface area contributed by atoms with Crippen LogP contribution in [0, 0.1) is 23.2 Å². The summed E-state index contributed by atoms with van der Waals surface area (Å²) in [5, 5.41) is 33.4. The number of piperidine rings is 2. The van der Waals surface area contributed by atoms with Crippen molar-refractivity contribution in [1.29, 1.82) is 0 Å². The molecule has 0 aromatic heterocycles. The van der Waals surface area contributed by atoms with E-state index in [2.05, 4.69) is 127 Å². The van der Waals surface area contributed by atoms with Crippen LogP contribution in [-0.4, -0.2) is 73.3 Å². The molecule has 7 nitrogen and oxygen atoms in total. The maximum atomic E-state index is 13.2. The van der Waals surface area contributed by atoms with E-state index in [9.17, 15) is 24.9 Å². The fraction of sp³-hybridized carbons (Fsp3) is 0.810. The molecular weight excluding hydrogens is 612 g/mol. The number of hydrogen-bond donors (Lipinski definition) is 3. The van der Waals surface area contributed by atoms with E-state index in [1.165, 1.54) is 0 Å². The number of hydrogen-bond acceptors (Lipinski definition) is 5. The fourth-order valence-corrected chi connectivity index (χ4v) is 9.61. The van der Waals surface area contributed by atoms with Crippen molar-refractivity contribution >= 4 is 11.9 Å². The number of aliphatic hydroxyl groups excluding tert-OH is 1. The molecule has 7 heteroatoms. The van der Waals surface area contributed by atoms with Crippen LogP contribution in [0.1, 0.15) is 165 Å². The first-order valence-electron chi connectivity index (χ1n) is 18.7. The molecule has 1 unspecified atom stereocenters. The average Bonchev–Trinajstić information content (AvgIpc) is 2.92. The summed E-state index contributed by atoms with van der Waals surface area (Å²) in [6.07, 6.45) is 3.43. The van der Waals surface area contributed by atoms with Crippen molar-refractivity contribution in [2.24, 2.45) is 23.2 Å². The molecule has 3 N–H and O–H groups in total. The highest BCUT2D eigenvalue weighted by molar-refractivity contribution is 5.99. The van der Waals surface area contributed by atoms with E-state index < -0.39 is 23.5 Å². The molecule has 0 saturated carbocycles. The molecule has 280 valence electrons. The maximum Gasteiger partial charge on any atom is 0.324 e. The van der Waals surface area contributed by atoms with Gasteiger partial charge in [0.05, 0.1) is 0 Å². The number of aliphatic carboxylic acids is 2. The lowest BCUT2D eigenvalue weighted by atomic mass is 9.60. The Balaban J connectivity index is 2.08. The van der Waals surface area contributed by atoms with E-state index in [0.717, 1.165) is 43.2 Å². The van der Waals surface area contributed by atoms with Gasteiger partial charge in [-0.3, -0.25) is 19.4 Å². The van der Waals surface area contributed by atoms with Gasteiger partial charge in [-0.15, -0.1) is 0 Å². The van der Waals surface area contributed by atoms with Gasteiger partial charge in [0.1, 0.15) is 6.10 Å². The lowest BCUT2D eigenvalue weighted by Gasteiger charge is -2.59. The quantitative estimate of drug-likeness (QED) is 0.211. The molecule has 49 heavy (non-hydrogen) atoms. The largest absolute Gasteiger partial charge is 0.480 e. The molecule has 0 amide bonds. The monoisotopic (exact) mass is 685 g/mol. The van der Waals surface area contributed by atoms with Gasteiger partial charge >= 0.3 is 11.9 Å². The summed E-state index contributed by atoms with van der Waals surface area (Å²) in [6, 6.07) is 5.72. The molecule has 2 aliphatic heterocycles. The van der Waals surface area contributed by atoms with Gasteiger partial charge in [-0.05, 0) is 153 Å². The molecule has 2 fully saturated rings. The van der Waals surface area contributed by atoms with Crippen molar-refractivity contribution in [3.8, 4) is 0 Å². The zero-order valence-electron chi connectivity index (χ0n) is 34.0. The third-order valence-corrected chi connectivity index (χ3v) is 13.2. The Labute approximate surface area is 299 Å². The van der Waals surface area contributed by atoms with Crippen molar-refractivity contribution in [2.45, 2.75) is 181 Å². The number of carbonyl (C=O) groups is 2. The summed E-state index contributed by atoms with van der Waals surface area (Å²) in [5.41, 5.74) is -0.704. The molecular formula is C42H72N2O5. The van der Waals surface area contributed by atoms with E-state index >= 15 is 0 Å². The number of carboxylic acid groups (broad SMARTS) is 2. The predicted molar refractivity (Wildman–Crippen MR) is 201 cm³/mol. The van der Waals surface area contributed by atoms with Crippen LogP contribution in [0.25, 0.3) is 0 Å². The van der Waals surface area contributed by atoms with Crippen LogP contribution >= 0.6 is 0 Å². The molecule has 0 bridgehead atoms. The summed E-state index contributed by atoms with van der Waals surface area (Å²) in [5.74, 6) is -1.84. The molecule has 2 saturated heterocycles. The van der Waals surface area contributed by atoms with Crippen LogP contribution in [0.4, 0.5) is 0 Å². The minimum Gasteiger partial charge on any atom is -0.480 e. The number of benzene rings is 1. The molecule has 1 atom stereocenters. The van der Waals surface area contributed by atoms with Gasteiger partial charge in [0.15, 0.2) is 5.41 Å². The minimum atomic E-state index is -2.37. The molecule has 1 aromatic rings. The lowest BCUT2D eigenvalue weighted by molar-refractivity contribution is -0.175. The number of rotatable bonds is 10. The number of aliphatic hydroxyl groups is 1. The van der Waals surface area contributed by atoms with E-state index in [0.29, 0.717) is 29.7 Å². The molecule has 2 aliphatic rings. The van der Waals surface area contributed by atoms with Crippen LogP contribution < -0.4 is 0 Å². The van der Waals surface area contributed by atoms with Gasteiger partial charge in [-0.1, -0.05) is 66.2 Å². The van der Waals surface area contributed by atoms with Crippen LogP contribution in [-0.2, 0) is 20.4 Å². The van der Waals surface area contributed by atoms with Gasteiger partial charge in [0, 0.05) is 22.2 Å². The van der Waals surface area contributed by atoms with Crippen LogP contribution in [0.5, 0.6) is 0 Å². The summed E-state index contributed by atoms with van der Waals surface area (Å²) in [4.78, 5) is 31.4. The molecule has 0 radical (unpaired) electrons. The first-order valence-corrected chi connectivity index (χ1v) is 18.7. The van der Waals surface area contributed by atoms with Crippen LogP contribution in [0.15, 0.2) is 18.2 Å². The van der Waals surface area contributed by atoms with Crippen LogP contribution in [0.3, 0.4) is 0 Å². The third-order valence-electron chi connectivity index (χ3n) is 13.2. The molecule has 0 spiro atoms. The third kappa shape index (κ3) is 8.41. The summed E-state index contributed by atoms with van der Waals surface area (Å²) >= 11 is 0. The first kappa shape index (κ1) is 41.5. The Hall–Kier alpha value is -1.96. The number of carboxylic acids is 2. The number of nitrogens with zero attached hydrogens (tertiary/aromatic N) is 2. The van der Waals surface area contributed by atoms with Crippen molar-refractivity contribution in [2.75, 3.05) is 14.1 Å². The van der Waals surface area contributed by atoms with Crippen molar-refractivity contribution in [1.82, 2.24) is 9.80 Å². The molecule has 3 rings (SSSR count). The average molecular weight is 685 g/mol. The molecule has 2 heterocycles. The second-order valence-electron chi connectivity index (χ2n) is 20.6. The fourth-order valence-electron chi connectivity index (χ4n) is 9.61. The van der Waals surface area contributed by atoms with Gasteiger partial charge in [-0.25, -0.2) is 0 Å². The van der Waals surface area contributed by atoms with Crippen molar-refractivity contribution in [3.63, 3.8) is 0 Å². The second-order valence-corrected chi connectivity index (χ2v) is 20.6. The van der Waals surface area contributed by atoms with E-state index in [4.69, 9.17) is 0 Å². The van der Waals surface area contributed by atoms with Crippen molar-refractivity contribution < 1.29 is 24.9 Å². The summed E-state index contributed by atoms with van der Waals surface area (Å²) in [6.45, 7) is 31.1. The first-order chi connectivity index (χ1) is 21.9. The maximum absolute atomic E-state index is 13.2. The smallest absolute Gasteiger partial charge is 0.324 e. The van der Waals surface area contributed by atoms with Crippen LogP contribution in [0.2, 0.25) is 0 Å². The topological polar surface area (TPSA) is 101 Å². The Bertz CT molecular complexity index is 1240. The minimum absolute atomic E-state index is 0.00786. The van der Waals surface area contributed by atoms with Gasteiger partial charge in [0.2, 0.25) is 0 Å². The normalized spacial score (nSPS) is 23.1. The highest BCUT2D eigenvalue weighted by Gasteiger charge is 2.55. The summed E-state index contributed by atoms with van der Waals surface area (Å²) < 4.78 is 0. The highest BCUT2D eigenvalue weighted by atomic mass is 16.4. The second kappa shape index (κ2) is 13.5. The Morgan fingerprint density at radius 2 is 1.02 bits per heavy atom. The number of likely N-dealkylation sites (tertiary alicyclic amines) is 2. The Morgan fingerprint density at radius 3 is 1.31 bits per heavy atom. The van der Waals surface area contributed by atoms with Gasteiger partial charge in [0.25, 0.3) is 0 Å². The van der Waals surface area contributed by atoms with E-state index in [1.54, 1.807) is 0 Å². The standard InChI is InChI=1S/C42H72N2O5/c1-36(2,3)30-20-27(21-31(22-30)37(4,5)6)33(45)42(34(46)47,35(48)49)19-17-18-32(28-23-38(7,8)43(15)39(9,10)24-28)29-25-40(11,12)44(16)41(13,14)26-29/h20-22,28-29,32-33,45H,17-19,23-26H2,1-16H3,(H,46,47)(H,48,49). The summed E-state index contributed by atoms with van der Waals surface area (Å²) in [7, 11) is 4.45. The highest BCUT2D eigenvalue weighted by Crippen LogP contribution is 2.52. The SMILES string of the molecule is CN1C(C)(C)CC(C(CCCC(C(=O)O)(C(=O)O)C(O)c2cc(C(C)(C)C)cc(C(C)(C)C)c2)C2CC(C)(C)N(C)C(C)(C)C2)CC1(C)C. The zero-order chi connectivity index (χ0) is 37.9.